The molecule has 0 amide bonds. The number of rotatable bonds is 7. The van der Waals surface area contributed by atoms with Crippen LogP contribution in [0.4, 0.5) is 17.1 Å². The monoisotopic (exact) mass is 1040 g/mol. The fraction of sp³-hybridized carbons (Fsp3) is 0.138. The average molecular weight is 1040 g/mol. The number of nitrogens with zero attached hydrogens (tertiary/aromatic N) is 5. The number of fused-ring (bicyclic) bond motifs is 5. The molecule has 2 aromatic heterocycles. The van der Waals surface area contributed by atoms with E-state index in [9.17, 15) is 0 Å². The van der Waals surface area contributed by atoms with Crippen molar-refractivity contribution in [2.45, 2.75) is 53.9 Å². The molecule has 66 heavy (non-hydrogen) atoms. The number of ether oxygens (including phenoxy) is 1. The van der Waals surface area contributed by atoms with Gasteiger partial charge in [-0.15, -0.1) is 48.1 Å². The largest absolute Gasteiger partial charge is 0.509 e. The van der Waals surface area contributed by atoms with Crippen molar-refractivity contribution in [2.24, 2.45) is 0 Å². The Kier molecular flexibility index (Phi) is 11.0. The summed E-state index contributed by atoms with van der Waals surface area (Å²) >= 11 is 0. The van der Waals surface area contributed by atoms with Crippen LogP contribution in [0.2, 0.25) is 0 Å². The van der Waals surface area contributed by atoms with E-state index in [0.717, 1.165) is 56.1 Å². The first-order valence-electron chi connectivity index (χ1n) is 22.4. The molecular weight excluding hydrogens is 989 g/mol. The van der Waals surface area contributed by atoms with Gasteiger partial charge in [-0.25, -0.2) is 4.98 Å². The maximum Gasteiger partial charge on any atom is 0.313 e. The Bertz CT molecular complexity index is 3310. The van der Waals surface area contributed by atoms with Crippen LogP contribution in [0.3, 0.4) is 0 Å². The topological polar surface area (TPSA) is 36.8 Å². The van der Waals surface area contributed by atoms with Gasteiger partial charge >= 0.3 is 6.85 Å². The van der Waals surface area contributed by atoms with Crippen LogP contribution < -0.4 is 14.5 Å². The summed E-state index contributed by atoms with van der Waals surface area (Å²) in [6.45, 7) is 17.7. The molecule has 0 atom stereocenters. The number of hydrogen-bond donors (Lipinski definition) is 0. The molecule has 11 rings (SSSR count). The Morgan fingerprint density at radius 3 is 2.06 bits per heavy atom. The van der Waals surface area contributed by atoms with Crippen LogP contribution in [0.25, 0.3) is 38.9 Å². The first-order chi connectivity index (χ1) is 31.5. The van der Waals surface area contributed by atoms with Crippen molar-refractivity contribution in [3.8, 4) is 17.3 Å². The number of hydrogen-bond acceptors (Lipinski definition) is 5. The van der Waals surface area contributed by atoms with Crippen molar-refractivity contribution < 1.29 is 25.8 Å². The Labute approximate surface area is 403 Å². The van der Waals surface area contributed by atoms with Crippen LogP contribution in [0.15, 0.2) is 170 Å². The predicted molar refractivity (Wildman–Crippen MR) is 269 cm³/mol. The molecule has 0 bridgehead atoms. The van der Waals surface area contributed by atoms with Crippen molar-refractivity contribution in [2.75, 3.05) is 9.80 Å². The smallest absolute Gasteiger partial charge is 0.313 e. The van der Waals surface area contributed by atoms with Crippen molar-refractivity contribution in [1.29, 1.82) is 0 Å². The molecule has 5 heterocycles. The van der Waals surface area contributed by atoms with E-state index in [1.807, 2.05) is 24.4 Å². The van der Waals surface area contributed by atoms with Crippen LogP contribution in [0.1, 0.15) is 59.7 Å². The molecule has 3 aliphatic heterocycles. The van der Waals surface area contributed by atoms with Gasteiger partial charge < -0.3 is 23.9 Å². The molecule has 8 aromatic rings. The molecule has 0 aliphatic carbocycles. The molecule has 8 heteroatoms. The third-order valence-corrected chi connectivity index (χ3v) is 12.6. The Balaban J connectivity index is 0.00000511. The summed E-state index contributed by atoms with van der Waals surface area (Å²) in [6.07, 6.45) is 8.41. The zero-order chi connectivity index (χ0) is 44.6. The summed E-state index contributed by atoms with van der Waals surface area (Å²) in [4.78, 5) is 11.9. The maximum absolute atomic E-state index is 6.70. The second-order valence-electron chi connectivity index (χ2n) is 18.6. The number of para-hydroxylation sites is 3. The van der Waals surface area contributed by atoms with Gasteiger partial charge in [-0.2, -0.15) is 12.1 Å². The minimum Gasteiger partial charge on any atom is -0.509 e. The van der Waals surface area contributed by atoms with Crippen molar-refractivity contribution in [1.82, 2.24) is 14.4 Å². The predicted octanol–water partition coefficient (Wildman–Crippen LogP) is 14.1. The first-order valence-corrected chi connectivity index (χ1v) is 22.4. The van der Waals surface area contributed by atoms with E-state index in [-0.39, 0.29) is 33.3 Å². The van der Waals surface area contributed by atoms with E-state index in [2.05, 4.69) is 226 Å². The second kappa shape index (κ2) is 16.9. The molecule has 328 valence electrons. The van der Waals surface area contributed by atoms with Crippen molar-refractivity contribution >= 4 is 57.0 Å². The number of benzene rings is 6. The maximum atomic E-state index is 6.70. The summed E-state index contributed by atoms with van der Waals surface area (Å²) in [7, 11) is 0. The van der Waals surface area contributed by atoms with E-state index < -0.39 is 0 Å². The van der Waals surface area contributed by atoms with Gasteiger partial charge in [-0.3, -0.25) is 0 Å². The van der Waals surface area contributed by atoms with Gasteiger partial charge in [0.15, 0.2) is 0 Å². The first kappa shape index (κ1) is 43.1. The molecule has 0 N–H and O–H groups in total. The van der Waals surface area contributed by atoms with E-state index in [0.29, 0.717) is 11.5 Å². The quantitative estimate of drug-likeness (QED) is 0.117. The van der Waals surface area contributed by atoms with Gasteiger partial charge in [0.1, 0.15) is 5.82 Å². The number of anilines is 3. The van der Waals surface area contributed by atoms with E-state index in [4.69, 9.17) is 9.72 Å². The van der Waals surface area contributed by atoms with E-state index in [1.54, 1.807) is 0 Å². The zero-order valence-corrected chi connectivity index (χ0v) is 40.5. The molecule has 3 aliphatic rings. The zero-order valence-electron chi connectivity index (χ0n) is 38.2. The standard InChI is InChI=1S/C58H49BN5O.Pt/c1-38-27-39(2)30-42(29-38)50-36-59-24-12-13-26-63(59)56(43-31-40(3)28-41(4)32-43)57(50)62-37-61(52-19-10-11-20-53(52)62)45-15-14-16-46(34-45)65-47-21-22-49-48-17-8-9-18-51(48)64(54(49)35-47)55-33-44(23-25-60-55)58(5,6)7;/h8-33,36-37H,1-7H3;/q-3;. The van der Waals surface area contributed by atoms with E-state index in [1.165, 1.54) is 44.5 Å². The van der Waals surface area contributed by atoms with Crippen LogP contribution in [0, 0.1) is 46.5 Å². The second-order valence-corrected chi connectivity index (χ2v) is 18.6. The third-order valence-electron chi connectivity index (χ3n) is 12.6. The van der Waals surface area contributed by atoms with E-state index >= 15 is 0 Å². The van der Waals surface area contributed by atoms with Gasteiger partial charge in [0, 0.05) is 61.3 Å². The normalized spacial score (nSPS) is 14.5. The Morgan fingerprint density at radius 2 is 1.32 bits per heavy atom. The minimum atomic E-state index is -0.0279. The van der Waals surface area contributed by atoms with Crippen molar-refractivity contribution in [3.63, 3.8) is 0 Å². The molecule has 0 saturated heterocycles. The molecule has 0 radical (unpaired) electrons. The number of aromatic nitrogens is 2. The number of allylic oxidation sites excluding steroid dienone is 3. The molecular formula is C58H49BN5OPt-3. The van der Waals surface area contributed by atoms with Crippen molar-refractivity contribution in [3.05, 3.63) is 227 Å². The van der Waals surface area contributed by atoms with Crippen LogP contribution in [-0.4, -0.2) is 21.2 Å². The fourth-order valence-electron chi connectivity index (χ4n) is 9.79. The summed E-state index contributed by atoms with van der Waals surface area (Å²) in [5.74, 6) is 6.74. The SMILES string of the molecule is Cc1cc(C)cc(C2=CB3C=CC=CN3C(c3cc(C)cc(C)c3)=C2N2[CH-]N(c3[c-]c(Oc4[c-]c5c(cc4)c4ccccc4n5-c4cc(C(C)(C)C)ccn4)ccc3)c3ccccc32)c1.[Pt]. The van der Waals surface area contributed by atoms with Gasteiger partial charge in [-0.1, -0.05) is 121 Å². The molecule has 0 fully saturated rings. The minimum absolute atomic E-state index is 0. The molecule has 0 spiro atoms. The number of aryl methyl sites for hydroxylation is 4. The summed E-state index contributed by atoms with van der Waals surface area (Å²) in [5, 5.41) is 2.23. The van der Waals surface area contributed by atoms with Gasteiger partial charge in [0.2, 0.25) is 0 Å². The number of pyridine rings is 1. The van der Waals surface area contributed by atoms with Crippen LogP contribution in [-0.2, 0) is 26.5 Å². The van der Waals surface area contributed by atoms with Gasteiger partial charge in [0.25, 0.3) is 0 Å². The average Bonchev–Trinajstić information content (AvgIpc) is 3.83. The summed E-state index contributed by atoms with van der Waals surface area (Å²) < 4.78 is 8.90. The Hall–Kier alpha value is -6.82. The molecule has 6 aromatic carbocycles. The van der Waals surface area contributed by atoms with Crippen LogP contribution >= 0.6 is 0 Å². The molecule has 6 nitrogen and oxygen atoms in total. The van der Waals surface area contributed by atoms with Gasteiger partial charge in [0.05, 0.1) is 5.70 Å². The third kappa shape index (κ3) is 7.69. The Morgan fingerprint density at radius 1 is 0.636 bits per heavy atom. The fourth-order valence-corrected chi connectivity index (χ4v) is 9.79. The summed E-state index contributed by atoms with van der Waals surface area (Å²) in [6, 6.07) is 52.7. The summed E-state index contributed by atoms with van der Waals surface area (Å²) in [5.41, 5.74) is 16.9. The molecule has 0 unspecified atom stereocenters. The molecule has 0 saturated carbocycles. The van der Waals surface area contributed by atoms with Gasteiger partial charge in [-0.05, 0) is 116 Å². The van der Waals surface area contributed by atoms with Crippen LogP contribution in [0.5, 0.6) is 11.5 Å².